The summed E-state index contributed by atoms with van der Waals surface area (Å²) in [5, 5.41) is 0. The van der Waals surface area contributed by atoms with E-state index in [1.165, 1.54) is 32.8 Å². The third-order valence-corrected chi connectivity index (χ3v) is 3.33. The molecule has 2 aliphatic rings. The molecular formula is C12H21NO2. The highest BCUT2D eigenvalue weighted by Gasteiger charge is 2.36. The standard InChI is InChI=1S/C7H13N.C5H8O2/c8-7-4-5-1-2-6(7)3-5;1-4(2)5(6)7-3/h5-7H,1-4,8H2;1H2,2-3H3. The second-order valence-electron chi connectivity index (χ2n) is 4.61. The fraction of sp³-hybridized carbons (Fsp3) is 0.750. The molecule has 0 aromatic heterocycles. The van der Waals surface area contributed by atoms with Crippen LogP contribution >= 0.6 is 0 Å². The van der Waals surface area contributed by atoms with Crippen molar-refractivity contribution in [2.24, 2.45) is 17.6 Å². The average molecular weight is 211 g/mol. The molecule has 0 spiro atoms. The van der Waals surface area contributed by atoms with Crippen LogP contribution in [0.25, 0.3) is 0 Å². The Morgan fingerprint density at radius 1 is 1.40 bits per heavy atom. The van der Waals surface area contributed by atoms with Crippen molar-refractivity contribution in [1.82, 2.24) is 0 Å². The summed E-state index contributed by atoms with van der Waals surface area (Å²) in [6.45, 7) is 4.95. The number of ether oxygens (including phenoxy) is 1. The first-order valence-electron chi connectivity index (χ1n) is 5.54. The van der Waals surface area contributed by atoms with Crippen LogP contribution in [0.4, 0.5) is 0 Å². The third-order valence-electron chi connectivity index (χ3n) is 3.33. The van der Waals surface area contributed by atoms with Crippen LogP contribution in [0, 0.1) is 11.8 Å². The Hall–Kier alpha value is -0.830. The van der Waals surface area contributed by atoms with Crippen LogP contribution in [0.2, 0.25) is 0 Å². The Bertz CT molecular complexity index is 248. The van der Waals surface area contributed by atoms with Crippen molar-refractivity contribution in [3.05, 3.63) is 12.2 Å². The van der Waals surface area contributed by atoms with Crippen LogP contribution in [0.5, 0.6) is 0 Å². The van der Waals surface area contributed by atoms with Gasteiger partial charge in [0, 0.05) is 11.6 Å². The highest BCUT2D eigenvalue weighted by Crippen LogP contribution is 2.43. The fourth-order valence-corrected chi connectivity index (χ4v) is 2.47. The van der Waals surface area contributed by atoms with Crippen molar-refractivity contribution in [1.29, 1.82) is 0 Å². The molecule has 0 aliphatic heterocycles. The van der Waals surface area contributed by atoms with E-state index in [1.807, 2.05) is 0 Å². The highest BCUT2D eigenvalue weighted by atomic mass is 16.5. The second kappa shape index (κ2) is 5.31. The molecule has 3 unspecified atom stereocenters. The average Bonchev–Trinajstić information content (AvgIpc) is 2.78. The molecule has 0 heterocycles. The maximum atomic E-state index is 10.2. The number of esters is 1. The van der Waals surface area contributed by atoms with E-state index in [2.05, 4.69) is 11.3 Å². The van der Waals surface area contributed by atoms with Crippen LogP contribution in [0.15, 0.2) is 12.2 Å². The van der Waals surface area contributed by atoms with Crippen molar-refractivity contribution >= 4 is 5.97 Å². The molecule has 0 saturated heterocycles. The lowest BCUT2D eigenvalue weighted by Crippen LogP contribution is -2.26. The summed E-state index contributed by atoms with van der Waals surface area (Å²) in [6.07, 6.45) is 5.66. The minimum Gasteiger partial charge on any atom is -0.466 e. The Kier molecular flexibility index (Phi) is 4.33. The number of methoxy groups -OCH3 is 1. The number of fused-ring (bicyclic) bond motifs is 2. The van der Waals surface area contributed by atoms with E-state index in [9.17, 15) is 4.79 Å². The fourth-order valence-electron chi connectivity index (χ4n) is 2.47. The molecule has 3 heteroatoms. The van der Waals surface area contributed by atoms with E-state index in [0.717, 1.165) is 11.8 Å². The first-order valence-corrected chi connectivity index (χ1v) is 5.54. The lowest BCUT2D eigenvalue weighted by Gasteiger charge is -2.15. The molecular weight excluding hydrogens is 190 g/mol. The predicted molar refractivity (Wildman–Crippen MR) is 60.3 cm³/mol. The second-order valence-corrected chi connectivity index (χ2v) is 4.61. The van der Waals surface area contributed by atoms with E-state index in [1.54, 1.807) is 6.92 Å². The van der Waals surface area contributed by atoms with Crippen LogP contribution < -0.4 is 5.73 Å². The molecule has 0 aromatic carbocycles. The van der Waals surface area contributed by atoms with Crippen molar-refractivity contribution in [2.45, 2.75) is 38.6 Å². The molecule has 2 fully saturated rings. The Morgan fingerprint density at radius 3 is 2.20 bits per heavy atom. The van der Waals surface area contributed by atoms with E-state index in [4.69, 9.17) is 5.73 Å². The maximum Gasteiger partial charge on any atom is 0.332 e. The van der Waals surface area contributed by atoms with Crippen molar-refractivity contribution in [2.75, 3.05) is 7.11 Å². The summed E-state index contributed by atoms with van der Waals surface area (Å²) < 4.78 is 4.27. The quantitative estimate of drug-likeness (QED) is 0.532. The van der Waals surface area contributed by atoms with Gasteiger partial charge in [0.1, 0.15) is 0 Å². The Morgan fingerprint density at radius 2 is 2.07 bits per heavy atom. The maximum absolute atomic E-state index is 10.2. The van der Waals surface area contributed by atoms with Gasteiger partial charge in [0.15, 0.2) is 0 Å². The molecule has 2 saturated carbocycles. The van der Waals surface area contributed by atoms with Gasteiger partial charge in [0.2, 0.25) is 0 Å². The lowest BCUT2D eigenvalue weighted by atomic mass is 9.96. The summed E-state index contributed by atoms with van der Waals surface area (Å²) in [5.74, 6) is 1.59. The molecule has 0 radical (unpaired) electrons. The van der Waals surface area contributed by atoms with E-state index in [0.29, 0.717) is 11.6 Å². The number of hydrogen-bond donors (Lipinski definition) is 1. The molecule has 0 amide bonds. The SMILES string of the molecule is C=C(C)C(=O)OC.NC1CC2CCC1C2. The molecule has 2 bridgehead atoms. The van der Waals surface area contributed by atoms with E-state index in [-0.39, 0.29) is 5.97 Å². The van der Waals surface area contributed by atoms with Gasteiger partial charge >= 0.3 is 5.97 Å². The van der Waals surface area contributed by atoms with E-state index < -0.39 is 0 Å². The molecule has 0 aromatic rings. The molecule has 15 heavy (non-hydrogen) atoms. The van der Waals surface area contributed by atoms with Gasteiger partial charge in [0.25, 0.3) is 0 Å². The van der Waals surface area contributed by atoms with Crippen LogP contribution in [-0.2, 0) is 9.53 Å². The smallest absolute Gasteiger partial charge is 0.332 e. The van der Waals surface area contributed by atoms with Crippen molar-refractivity contribution in [3.63, 3.8) is 0 Å². The first kappa shape index (κ1) is 12.2. The molecule has 3 atom stereocenters. The minimum absolute atomic E-state index is 0.347. The normalized spacial score (nSPS) is 31.8. The number of carbonyl (C=O) groups is 1. The zero-order valence-electron chi connectivity index (χ0n) is 9.66. The number of carbonyl (C=O) groups excluding carboxylic acids is 1. The zero-order valence-corrected chi connectivity index (χ0v) is 9.66. The Balaban J connectivity index is 0.000000153. The highest BCUT2D eigenvalue weighted by molar-refractivity contribution is 5.86. The summed E-state index contributed by atoms with van der Waals surface area (Å²) in [5.41, 5.74) is 6.25. The predicted octanol–water partition coefficient (Wildman–Crippen LogP) is 1.87. The van der Waals surface area contributed by atoms with Crippen LogP contribution in [0.1, 0.15) is 32.6 Å². The van der Waals surface area contributed by atoms with Gasteiger partial charge < -0.3 is 10.5 Å². The van der Waals surface area contributed by atoms with Crippen LogP contribution in [-0.4, -0.2) is 19.1 Å². The number of nitrogens with two attached hydrogens (primary N) is 1. The first-order chi connectivity index (χ1) is 7.04. The van der Waals surface area contributed by atoms with Gasteiger partial charge in [-0.1, -0.05) is 13.0 Å². The van der Waals surface area contributed by atoms with Crippen molar-refractivity contribution in [3.8, 4) is 0 Å². The number of hydrogen-bond acceptors (Lipinski definition) is 3. The largest absolute Gasteiger partial charge is 0.466 e. The summed E-state index contributed by atoms with van der Waals surface area (Å²) in [6, 6.07) is 0.578. The monoisotopic (exact) mass is 211 g/mol. The molecule has 2 aliphatic carbocycles. The number of rotatable bonds is 1. The van der Waals surface area contributed by atoms with Gasteiger partial charge in [0.05, 0.1) is 7.11 Å². The Labute approximate surface area is 91.7 Å². The summed E-state index contributed by atoms with van der Waals surface area (Å²) in [7, 11) is 1.33. The molecule has 2 rings (SSSR count). The van der Waals surface area contributed by atoms with Crippen molar-refractivity contribution < 1.29 is 9.53 Å². The van der Waals surface area contributed by atoms with Gasteiger partial charge in [-0.2, -0.15) is 0 Å². The molecule has 3 nitrogen and oxygen atoms in total. The van der Waals surface area contributed by atoms with Gasteiger partial charge in [-0.05, 0) is 38.0 Å². The lowest BCUT2D eigenvalue weighted by molar-refractivity contribution is -0.136. The topological polar surface area (TPSA) is 52.3 Å². The van der Waals surface area contributed by atoms with Gasteiger partial charge in [-0.25, -0.2) is 4.79 Å². The minimum atomic E-state index is -0.347. The van der Waals surface area contributed by atoms with Crippen LogP contribution in [0.3, 0.4) is 0 Å². The van der Waals surface area contributed by atoms with E-state index >= 15 is 0 Å². The third kappa shape index (κ3) is 3.34. The molecule has 2 N–H and O–H groups in total. The summed E-state index contributed by atoms with van der Waals surface area (Å²) in [4.78, 5) is 10.2. The molecule has 86 valence electrons. The van der Waals surface area contributed by atoms with Gasteiger partial charge in [-0.15, -0.1) is 0 Å². The zero-order chi connectivity index (χ0) is 11.4. The van der Waals surface area contributed by atoms with Gasteiger partial charge in [-0.3, -0.25) is 0 Å². The summed E-state index contributed by atoms with van der Waals surface area (Å²) >= 11 is 0.